The monoisotopic (exact) mass is 268 g/mol. The average molecular weight is 268 g/mol. The number of aromatic nitrogens is 3. The van der Waals surface area contributed by atoms with Gasteiger partial charge in [-0.25, -0.2) is 0 Å². The molecule has 20 heavy (non-hydrogen) atoms. The molecule has 5 heteroatoms. The number of nitrogens with zero attached hydrogens (tertiary/aromatic N) is 3. The highest BCUT2D eigenvalue weighted by Gasteiger charge is 2.04. The molecule has 0 saturated carbocycles. The van der Waals surface area contributed by atoms with Crippen LogP contribution in [0, 0.1) is 0 Å². The van der Waals surface area contributed by atoms with Crippen LogP contribution in [0.5, 0.6) is 0 Å². The maximum absolute atomic E-state index is 5.21. The van der Waals surface area contributed by atoms with Crippen LogP contribution in [0.2, 0.25) is 0 Å². The lowest BCUT2D eigenvalue weighted by Crippen LogP contribution is -2.05. The third-order valence-corrected chi connectivity index (χ3v) is 3.21. The highest BCUT2D eigenvalue weighted by molar-refractivity contribution is 5.60. The van der Waals surface area contributed by atoms with E-state index in [0.717, 1.165) is 24.3 Å². The van der Waals surface area contributed by atoms with Gasteiger partial charge in [0.05, 0.1) is 6.54 Å². The first kappa shape index (κ1) is 12.5. The van der Waals surface area contributed by atoms with Crippen molar-refractivity contribution >= 4 is 5.69 Å². The molecule has 0 fully saturated rings. The Morgan fingerprint density at radius 3 is 3.00 bits per heavy atom. The molecule has 1 aromatic carbocycles. The topological polar surface area (TPSA) is 55.9 Å². The summed E-state index contributed by atoms with van der Waals surface area (Å²) in [6.45, 7) is 3.90. The van der Waals surface area contributed by atoms with Gasteiger partial charge in [-0.15, -0.1) is 10.2 Å². The normalized spacial score (nSPS) is 10.7. The number of nitrogens with one attached hydrogen (secondary N) is 1. The van der Waals surface area contributed by atoms with Crippen molar-refractivity contribution in [1.82, 2.24) is 14.8 Å². The summed E-state index contributed by atoms with van der Waals surface area (Å²) < 4.78 is 7.42. The quantitative estimate of drug-likeness (QED) is 0.772. The van der Waals surface area contributed by atoms with Crippen molar-refractivity contribution in [3.8, 4) is 11.5 Å². The molecule has 102 valence electrons. The zero-order valence-electron chi connectivity index (χ0n) is 11.3. The van der Waals surface area contributed by atoms with Crippen molar-refractivity contribution in [3.63, 3.8) is 0 Å². The summed E-state index contributed by atoms with van der Waals surface area (Å²) in [4.78, 5) is 0. The van der Waals surface area contributed by atoms with Gasteiger partial charge in [0.1, 0.15) is 0 Å². The highest BCUT2D eigenvalue weighted by Crippen LogP contribution is 2.20. The summed E-state index contributed by atoms with van der Waals surface area (Å²) in [6.07, 6.45) is 3.43. The molecule has 0 amide bonds. The fourth-order valence-electron chi connectivity index (χ4n) is 2.17. The van der Waals surface area contributed by atoms with Gasteiger partial charge in [-0.1, -0.05) is 6.07 Å². The van der Waals surface area contributed by atoms with Crippen molar-refractivity contribution in [2.75, 3.05) is 5.32 Å². The van der Waals surface area contributed by atoms with Gasteiger partial charge >= 0.3 is 0 Å². The third kappa shape index (κ3) is 2.56. The largest absolute Gasteiger partial charge is 0.423 e. The molecule has 0 aliphatic carbocycles. The molecule has 3 rings (SSSR count). The number of rotatable bonds is 5. The van der Waals surface area contributed by atoms with Crippen molar-refractivity contribution < 1.29 is 4.42 Å². The third-order valence-electron chi connectivity index (χ3n) is 3.21. The first-order chi connectivity index (χ1) is 9.86. The number of hydrogen-bond acceptors (Lipinski definition) is 4. The summed E-state index contributed by atoms with van der Waals surface area (Å²) in [5, 5.41) is 11.0. The van der Waals surface area contributed by atoms with Gasteiger partial charge in [0, 0.05) is 29.7 Å². The second kappa shape index (κ2) is 5.61. The molecule has 0 atom stereocenters. The van der Waals surface area contributed by atoms with E-state index in [0.29, 0.717) is 5.89 Å². The molecule has 5 nitrogen and oxygen atoms in total. The van der Waals surface area contributed by atoms with E-state index in [2.05, 4.69) is 45.3 Å². The molecular weight excluding hydrogens is 252 g/mol. The fourth-order valence-corrected chi connectivity index (χ4v) is 2.17. The van der Waals surface area contributed by atoms with Gasteiger partial charge in [0.25, 0.3) is 0 Å². The van der Waals surface area contributed by atoms with Crippen LogP contribution in [-0.2, 0) is 13.1 Å². The molecule has 2 aromatic heterocycles. The standard InChI is InChI=1S/C15H16N4O/c1-2-19-8-4-7-14(19)10-16-13-6-3-5-12(9-13)15-18-17-11-20-15/h3-9,11,16H,2,10H2,1H3. The molecular formula is C15H16N4O. The molecule has 0 spiro atoms. The molecule has 0 unspecified atom stereocenters. The minimum Gasteiger partial charge on any atom is -0.423 e. The van der Waals surface area contributed by atoms with Crippen LogP contribution in [-0.4, -0.2) is 14.8 Å². The van der Waals surface area contributed by atoms with E-state index in [4.69, 9.17) is 4.42 Å². The highest BCUT2D eigenvalue weighted by atomic mass is 16.4. The zero-order chi connectivity index (χ0) is 13.8. The molecule has 0 radical (unpaired) electrons. The van der Waals surface area contributed by atoms with Gasteiger partial charge in [-0.3, -0.25) is 0 Å². The lowest BCUT2D eigenvalue weighted by atomic mass is 10.2. The summed E-state index contributed by atoms with van der Waals surface area (Å²) in [7, 11) is 0. The summed E-state index contributed by atoms with van der Waals surface area (Å²) in [6, 6.07) is 12.1. The Morgan fingerprint density at radius 2 is 2.20 bits per heavy atom. The van der Waals surface area contributed by atoms with Gasteiger partial charge < -0.3 is 14.3 Å². The SMILES string of the molecule is CCn1cccc1CNc1cccc(-c2nnco2)c1. The molecule has 0 saturated heterocycles. The molecule has 0 aliphatic heterocycles. The van der Waals surface area contributed by atoms with E-state index in [1.807, 2.05) is 24.3 Å². The minimum atomic E-state index is 0.533. The van der Waals surface area contributed by atoms with Crippen LogP contribution in [0.1, 0.15) is 12.6 Å². The van der Waals surface area contributed by atoms with Crippen LogP contribution >= 0.6 is 0 Å². The predicted molar refractivity (Wildman–Crippen MR) is 77.2 cm³/mol. The molecule has 1 N–H and O–H groups in total. The second-order valence-electron chi connectivity index (χ2n) is 4.46. The van der Waals surface area contributed by atoms with Gasteiger partial charge in [-0.2, -0.15) is 0 Å². The van der Waals surface area contributed by atoms with Crippen molar-refractivity contribution in [2.45, 2.75) is 20.0 Å². The summed E-state index contributed by atoms with van der Waals surface area (Å²) in [5.74, 6) is 0.533. The molecule has 0 aliphatic rings. The smallest absolute Gasteiger partial charge is 0.247 e. The van der Waals surface area contributed by atoms with Crippen molar-refractivity contribution in [3.05, 3.63) is 54.7 Å². The van der Waals surface area contributed by atoms with Gasteiger partial charge in [0.2, 0.25) is 12.3 Å². The first-order valence-corrected chi connectivity index (χ1v) is 6.61. The number of aryl methyl sites for hydroxylation is 1. The van der Waals surface area contributed by atoms with E-state index < -0.39 is 0 Å². The van der Waals surface area contributed by atoms with Crippen LogP contribution in [0.15, 0.2) is 53.4 Å². The Kier molecular flexibility index (Phi) is 3.50. The number of anilines is 1. The number of benzene rings is 1. The lowest BCUT2D eigenvalue weighted by molar-refractivity contribution is 0.568. The Balaban J connectivity index is 1.74. The minimum absolute atomic E-state index is 0.533. The van der Waals surface area contributed by atoms with Gasteiger partial charge in [-0.05, 0) is 37.3 Å². The van der Waals surface area contributed by atoms with E-state index in [1.54, 1.807) is 0 Å². The van der Waals surface area contributed by atoms with Crippen LogP contribution < -0.4 is 5.32 Å². The second-order valence-corrected chi connectivity index (χ2v) is 4.46. The Labute approximate surface area is 117 Å². The van der Waals surface area contributed by atoms with Crippen LogP contribution in [0.4, 0.5) is 5.69 Å². The maximum atomic E-state index is 5.21. The van der Waals surface area contributed by atoms with Crippen LogP contribution in [0.25, 0.3) is 11.5 Å². The summed E-state index contributed by atoms with van der Waals surface area (Å²) >= 11 is 0. The Morgan fingerprint density at radius 1 is 1.25 bits per heavy atom. The van der Waals surface area contributed by atoms with Crippen molar-refractivity contribution in [2.24, 2.45) is 0 Å². The van der Waals surface area contributed by atoms with E-state index in [9.17, 15) is 0 Å². The van der Waals surface area contributed by atoms with E-state index in [1.165, 1.54) is 12.1 Å². The lowest BCUT2D eigenvalue weighted by Gasteiger charge is -2.09. The molecule has 2 heterocycles. The van der Waals surface area contributed by atoms with Crippen molar-refractivity contribution in [1.29, 1.82) is 0 Å². The fraction of sp³-hybridized carbons (Fsp3) is 0.200. The molecule has 0 bridgehead atoms. The predicted octanol–water partition coefficient (Wildman–Crippen LogP) is 3.17. The zero-order valence-corrected chi connectivity index (χ0v) is 11.3. The van der Waals surface area contributed by atoms with E-state index >= 15 is 0 Å². The Bertz CT molecular complexity index is 673. The first-order valence-electron chi connectivity index (χ1n) is 6.61. The Hall–Kier alpha value is -2.56. The average Bonchev–Trinajstić information content (AvgIpc) is 3.16. The van der Waals surface area contributed by atoms with E-state index in [-0.39, 0.29) is 0 Å². The molecule has 3 aromatic rings. The van der Waals surface area contributed by atoms with Gasteiger partial charge in [0.15, 0.2) is 0 Å². The number of hydrogen-bond donors (Lipinski definition) is 1. The summed E-state index contributed by atoms with van der Waals surface area (Å²) in [5.41, 5.74) is 3.21. The van der Waals surface area contributed by atoms with Crippen LogP contribution in [0.3, 0.4) is 0 Å². The maximum Gasteiger partial charge on any atom is 0.247 e.